The summed E-state index contributed by atoms with van der Waals surface area (Å²) in [6.07, 6.45) is 1.28. The SMILES string of the molecule is CC(=O)[C@]1(O)CCCC1=O. The van der Waals surface area contributed by atoms with Crippen molar-refractivity contribution in [3.05, 3.63) is 0 Å². The number of ketones is 2. The first kappa shape index (κ1) is 7.41. The van der Waals surface area contributed by atoms with E-state index in [0.717, 1.165) is 0 Å². The van der Waals surface area contributed by atoms with E-state index in [2.05, 4.69) is 0 Å². The molecule has 0 aromatic carbocycles. The third-order valence-corrected chi connectivity index (χ3v) is 1.99. The molecule has 1 rings (SSSR count). The summed E-state index contributed by atoms with van der Waals surface area (Å²) >= 11 is 0. The smallest absolute Gasteiger partial charge is 0.180 e. The Labute approximate surface area is 59.0 Å². The molecule has 0 aromatic rings. The fraction of sp³-hybridized carbons (Fsp3) is 0.714. The molecular formula is C7H10O3. The van der Waals surface area contributed by atoms with Gasteiger partial charge in [0.2, 0.25) is 0 Å². The molecule has 1 aliphatic carbocycles. The highest BCUT2D eigenvalue weighted by Gasteiger charge is 2.43. The molecular weight excluding hydrogens is 132 g/mol. The molecule has 10 heavy (non-hydrogen) atoms. The average molecular weight is 142 g/mol. The standard InChI is InChI=1S/C7H10O3/c1-5(8)7(10)4-2-3-6(7)9/h10H,2-4H2,1H3/t7-/m1/s1. The van der Waals surface area contributed by atoms with Crippen molar-refractivity contribution in [3.8, 4) is 0 Å². The molecule has 1 atom stereocenters. The molecule has 3 nitrogen and oxygen atoms in total. The van der Waals surface area contributed by atoms with Gasteiger partial charge in [0, 0.05) is 6.42 Å². The number of aliphatic hydroxyl groups is 1. The van der Waals surface area contributed by atoms with Gasteiger partial charge in [0.05, 0.1) is 0 Å². The van der Waals surface area contributed by atoms with Gasteiger partial charge >= 0.3 is 0 Å². The number of rotatable bonds is 1. The largest absolute Gasteiger partial charge is 0.375 e. The molecule has 0 radical (unpaired) electrons. The Morgan fingerprint density at radius 1 is 1.70 bits per heavy atom. The van der Waals surface area contributed by atoms with E-state index in [0.29, 0.717) is 19.3 Å². The zero-order valence-corrected chi connectivity index (χ0v) is 5.89. The van der Waals surface area contributed by atoms with Gasteiger partial charge in [-0.3, -0.25) is 9.59 Å². The lowest BCUT2D eigenvalue weighted by Crippen LogP contribution is -2.40. The van der Waals surface area contributed by atoms with E-state index in [4.69, 9.17) is 0 Å². The minimum Gasteiger partial charge on any atom is -0.375 e. The molecule has 1 aliphatic rings. The molecule has 1 fully saturated rings. The third kappa shape index (κ3) is 0.865. The summed E-state index contributed by atoms with van der Waals surface area (Å²) in [7, 11) is 0. The maximum Gasteiger partial charge on any atom is 0.180 e. The van der Waals surface area contributed by atoms with Crippen molar-refractivity contribution in [2.45, 2.75) is 31.8 Å². The number of hydrogen-bond donors (Lipinski definition) is 1. The molecule has 1 N–H and O–H groups in total. The highest BCUT2D eigenvalue weighted by Crippen LogP contribution is 2.26. The topological polar surface area (TPSA) is 54.4 Å². The lowest BCUT2D eigenvalue weighted by Gasteiger charge is -2.15. The van der Waals surface area contributed by atoms with Crippen molar-refractivity contribution < 1.29 is 14.7 Å². The maximum atomic E-state index is 10.9. The Hall–Kier alpha value is -0.700. The predicted molar refractivity (Wildman–Crippen MR) is 34.5 cm³/mol. The summed E-state index contributed by atoms with van der Waals surface area (Å²) in [4.78, 5) is 21.6. The van der Waals surface area contributed by atoms with Crippen LogP contribution >= 0.6 is 0 Å². The Morgan fingerprint density at radius 3 is 2.50 bits per heavy atom. The van der Waals surface area contributed by atoms with Crippen LogP contribution in [0.4, 0.5) is 0 Å². The van der Waals surface area contributed by atoms with E-state index in [1.54, 1.807) is 0 Å². The minimum atomic E-state index is -1.62. The van der Waals surface area contributed by atoms with Crippen molar-refractivity contribution in [3.63, 3.8) is 0 Å². The van der Waals surface area contributed by atoms with Crippen molar-refractivity contribution in [2.75, 3.05) is 0 Å². The van der Waals surface area contributed by atoms with E-state index in [9.17, 15) is 14.7 Å². The molecule has 0 bridgehead atoms. The second-order valence-electron chi connectivity index (χ2n) is 2.69. The Kier molecular flexibility index (Phi) is 1.60. The first-order valence-corrected chi connectivity index (χ1v) is 3.34. The fourth-order valence-corrected chi connectivity index (χ4v) is 1.22. The van der Waals surface area contributed by atoms with Gasteiger partial charge in [0.15, 0.2) is 17.2 Å². The van der Waals surface area contributed by atoms with Gasteiger partial charge in [-0.25, -0.2) is 0 Å². The first-order valence-electron chi connectivity index (χ1n) is 3.34. The van der Waals surface area contributed by atoms with Crippen LogP contribution in [0.15, 0.2) is 0 Å². The van der Waals surface area contributed by atoms with Crippen molar-refractivity contribution in [1.29, 1.82) is 0 Å². The predicted octanol–water partition coefficient (Wildman–Crippen LogP) is 0.0595. The molecule has 0 heterocycles. The zero-order valence-electron chi connectivity index (χ0n) is 5.89. The van der Waals surface area contributed by atoms with Gasteiger partial charge in [0.25, 0.3) is 0 Å². The summed E-state index contributed by atoms with van der Waals surface area (Å²) in [6.45, 7) is 1.25. The lowest BCUT2D eigenvalue weighted by molar-refractivity contribution is -0.146. The summed E-state index contributed by atoms with van der Waals surface area (Å²) in [5, 5.41) is 9.34. The molecule has 56 valence electrons. The minimum absolute atomic E-state index is 0.307. The summed E-state index contributed by atoms with van der Waals surface area (Å²) in [5.74, 6) is -0.741. The van der Waals surface area contributed by atoms with E-state index < -0.39 is 11.4 Å². The highest BCUT2D eigenvalue weighted by molar-refractivity contribution is 6.10. The van der Waals surface area contributed by atoms with Crippen LogP contribution in [0, 0.1) is 0 Å². The van der Waals surface area contributed by atoms with Crippen LogP contribution in [-0.4, -0.2) is 22.3 Å². The average Bonchev–Trinajstić information content (AvgIpc) is 2.15. The van der Waals surface area contributed by atoms with E-state index in [1.807, 2.05) is 0 Å². The first-order chi connectivity index (χ1) is 4.57. The number of carbonyl (C=O) groups is 2. The lowest BCUT2D eigenvalue weighted by atomic mass is 9.97. The van der Waals surface area contributed by atoms with Crippen molar-refractivity contribution in [2.24, 2.45) is 0 Å². The molecule has 0 amide bonds. The van der Waals surface area contributed by atoms with Gasteiger partial charge < -0.3 is 5.11 Å². The summed E-state index contributed by atoms with van der Waals surface area (Å²) in [6, 6.07) is 0. The van der Waals surface area contributed by atoms with Gasteiger partial charge in [-0.1, -0.05) is 0 Å². The molecule has 0 aromatic heterocycles. The van der Waals surface area contributed by atoms with Crippen LogP contribution in [0.2, 0.25) is 0 Å². The quantitative estimate of drug-likeness (QED) is 0.527. The van der Waals surface area contributed by atoms with Gasteiger partial charge in [-0.15, -0.1) is 0 Å². The second kappa shape index (κ2) is 2.16. The van der Waals surface area contributed by atoms with Gasteiger partial charge in [-0.05, 0) is 19.8 Å². The highest BCUT2D eigenvalue weighted by atomic mass is 16.3. The van der Waals surface area contributed by atoms with Crippen LogP contribution in [0.5, 0.6) is 0 Å². The van der Waals surface area contributed by atoms with Crippen LogP contribution in [0.25, 0.3) is 0 Å². The third-order valence-electron chi connectivity index (χ3n) is 1.99. The van der Waals surface area contributed by atoms with E-state index >= 15 is 0 Å². The van der Waals surface area contributed by atoms with Crippen LogP contribution in [0.1, 0.15) is 26.2 Å². The van der Waals surface area contributed by atoms with Crippen molar-refractivity contribution >= 4 is 11.6 Å². The van der Waals surface area contributed by atoms with Crippen LogP contribution in [0.3, 0.4) is 0 Å². The molecule has 3 heteroatoms. The van der Waals surface area contributed by atoms with Crippen LogP contribution in [-0.2, 0) is 9.59 Å². The van der Waals surface area contributed by atoms with Gasteiger partial charge in [-0.2, -0.15) is 0 Å². The Morgan fingerprint density at radius 2 is 2.30 bits per heavy atom. The normalized spacial score (nSPS) is 32.8. The number of hydrogen-bond acceptors (Lipinski definition) is 3. The number of Topliss-reactive ketones (excluding diaryl/α,β-unsaturated/α-hetero) is 2. The molecule has 0 aliphatic heterocycles. The van der Waals surface area contributed by atoms with E-state index in [-0.39, 0.29) is 5.78 Å². The molecule has 1 saturated carbocycles. The van der Waals surface area contributed by atoms with Crippen molar-refractivity contribution in [1.82, 2.24) is 0 Å². The zero-order chi connectivity index (χ0) is 7.78. The molecule has 0 spiro atoms. The van der Waals surface area contributed by atoms with Gasteiger partial charge in [0.1, 0.15) is 0 Å². The monoisotopic (exact) mass is 142 g/mol. The number of carbonyl (C=O) groups excluding carboxylic acids is 2. The molecule has 0 unspecified atom stereocenters. The Bertz CT molecular complexity index is 185. The van der Waals surface area contributed by atoms with E-state index in [1.165, 1.54) is 6.92 Å². The summed E-state index contributed by atoms with van der Waals surface area (Å²) < 4.78 is 0. The molecule has 0 saturated heterocycles. The second-order valence-corrected chi connectivity index (χ2v) is 2.69. The maximum absolute atomic E-state index is 10.9. The van der Waals surface area contributed by atoms with Crippen LogP contribution < -0.4 is 0 Å². The summed E-state index contributed by atoms with van der Waals surface area (Å²) in [5.41, 5.74) is -1.62. The Balaban J connectivity index is 2.86. The fourth-order valence-electron chi connectivity index (χ4n) is 1.22.